The number of rotatable bonds is 2. The van der Waals surface area contributed by atoms with Crippen molar-refractivity contribution in [1.82, 2.24) is 0 Å². The zero-order valence-electron chi connectivity index (χ0n) is 13.5. The molecule has 0 radical (unpaired) electrons. The molecule has 0 saturated carbocycles. The Morgan fingerprint density at radius 2 is 0.967 bits per heavy atom. The quantitative estimate of drug-likeness (QED) is 0.160. The molecule has 0 fully saturated rings. The Labute approximate surface area is 210 Å². The van der Waals surface area contributed by atoms with Crippen LogP contribution in [-0.4, -0.2) is -0.0619 Å². The van der Waals surface area contributed by atoms with Gasteiger partial charge in [-0.25, -0.2) is 17.6 Å². The summed E-state index contributed by atoms with van der Waals surface area (Å²) in [7, 11) is -5.55. The number of hydrogen-bond acceptors (Lipinski definition) is 0. The summed E-state index contributed by atoms with van der Waals surface area (Å²) >= 11 is 1.14. The van der Waals surface area contributed by atoms with Crippen LogP contribution >= 0.6 is 98.7 Å². The Morgan fingerprint density at radius 3 is 1.13 bits per heavy atom. The highest BCUT2D eigenvalue weighted by Crippen LogP contribution is 3.04. The minimum atomic E-state index is -9.30. The molecule has 17 heteroatoms. The highest BCUT2D eigenvalue weighted by molar-refractivity contribution is 14.3. The van der Waals surface area contributed by atoms with Crippen LogP contribution in [0.5, 0.6) is 0 Å². The normalized spacial score (nSPS) is 14.5. The van der Waals surface area contributed by atoms with Crippen LogP contribution in [0.4, 0.5) is 44.8 Å². The van der Waals surface area contributed by atoms with E-state index in [-0.39, 0.29) is 12.1 Å². The van der Waals surface area contributed by atoms with Gasteiger partial charge in [-0.05, 0) is 24.3 Å². The van der Waals surface area contributed by atoms with Gasteiger partial charge in [0.15, 0.2) is 4.90 Å². The van der Waals surface area contributed by atoms with Gasteiger partial charge in [0.05, 0.1) is 0 Å². The molecular weight excluding hydrogens is 845 g/mol. The third-order valence-corrected chi connectivity index (χ3v) is 4.93. The molecule has 0 N–H and O–H groups in total. The van der Waals surface area contributed by atoms with E-state index in [1.54, 1.807) is 0 Å². The van der Waals surface area contributed by atoms with Gasteiger partial charge in [0.1, 0.15) is 28.1 Å². The number of hydrogen-bond donors (Lipinski definition) is 0. The largest absolute Gasteiger partial charge is 0.259 e. The first kappa shape index (κ1) is 30.8. The first-order valence-electron chi connectivity index (χ1n) is 6.54. The van der Waals surface area contributed by atoms with Crippen molar-refractivity contribution in [3.05, 3.63) is 59.7 Å². The molecule has 0 aliphatic carbocycles. The van der Waals surface area contributed by atoms with Gasteiger partial charge in [-0.3, -0.25) is 0 Å². The maximum absolute atomic E-state index is 12.6. The summed E-state index contributed by atoms with van der Waals surface area (Å²) in [6, 6.07) is 3.28. The van der Waals surface area contributed by atoms with Gasteiger partial charge in [-0.15, -0.1) is 27.2 Å². The van der Waals surface area contributed by atoms with Crippen LogP contribution < -0.4 is 0 Å². The van der Waals surface area contributed by atoms with E-state index >= 15 is 0 Å². The molecular formula is C13H7ClF11I3S2. The standard InChI is InChI=1S/C6H3ClF6S.C6H3F5S.CHI3/c7-14(10,11,12,13)6-4(8)2-1-3-5(6)9;7-4-2-1-3-5(8)6(4)12(9,10)11;2-1(3)4/h1-3H;1-3H;1H. The lowest BCUT2D eigenvalue weighted by molar-refractivity contribution is 0.440. The van der Waals surface area contributed by atoms with Gasteiger partial charge in [0.2, 0.25) is 11.2 Å². The van der Waals surface area contributed by atoms with Crippen molar-refractivity contribution in [3.63, 3.8) is 0 Å². The highest BCUT2D eigenvalue weighted by Gasteiger charge is 2.66. The molecule has 30 heavy (non-hydrogen) atoms. The van der Waals surface area contributed by atoms with Crippen LogP contribution in [0.3, 0.4) is 0 Å². The zero-order chi connectivity index (χ0) is 24.2. The second-order valence-electron chi connectivity index (χ2n) is 4.72. The van der Waals surface area contributed by atoms with Crippen LogP contribution in [0.1, 0.15) is 0 Å². The Hall–Kier alpha value is 0.850. The average Bonchev–Trinajstić information content (AvgIpc) is 2.42. The number of benzene rings is 2. The molecule has 0 aromatic heterocycles. The van der Waals surface area contributed by atoms with E-state index in [2.05, 4.69) is 78.5 Å². The van der Waals surface area contributed by atoms with Gasteiger partial charge in [0, 0.05) is 10.7 Å². The van der Waals surface area contributed by atoms with E-state index < -0.39 is 53.3 Å². The molecule has 2 rings (SSSR count). The number of alkyl halides is 3. The summed E-state index contributed by atoms with van der Waals surface area (Å²) in [4.78, 5) is -4.42. The van der Waals surface area contributed by atoms with Gasteiger partial charge >= 0.3 is 0 Å². The fourth-order valence-electron chi connectivity index (χ4n) is 1.55. The second kappa shape index (κ2) is 10.4. The van der Waals surface area contributed by atoms with Crippen molar-refractivity contribution in [2.75, 3.05) is 0 Å². The predicted molar refractivity (Wildman–Crippen MR) is 124 cm³/mol. The van der Waals surface area contributed by atoms with Crippen LogP contribution in [0, 0.1) is 23.3 Å². The molecule has 0 saturated heterocycles. The summed E-state index contributed by atoms with van der Waals surface area (Å²) in [6.07, 6.45) is 0. The molecule has 0 aliphatic rings. The van der Waals surface area contributed by atoms with E-state index in [4.69, 9.17) is 0 Å². The first-order chi connectivity index (χ1) is 13.1. The predicted octanol–water partition coefficient (Wildman–Crippen LogP) is 11.2. The van der Waals surface area contributed by atoms with E-state index in [9.17, 15) is 44.8 Å². The summed E-state index contributed by atoms with van der Waals surface area (Å²) in [5, 5.41) is 0. The molecule has 0 unspecified atom stereocenters. The monoisotopic (exact) mass is 852 g/mol. The molecule has 0 bridgehead atoms. The lowest BCUT2D eigenvalue weighted by atomic mass is 10.3. The fourth-order valence-corrected chi connectivity index (χ4v) is 3.45. The zero-order valence-corrected chi connectivity index (χ0v) is 22.4. The second-order valence-corrected chi connectivity index (χ2v) is 21.0. The third kappa shape index (κ3) is 11.1. The summed E-state index contributed by atoms with van der Waals surface area (Å²) in [6.45, 7) is 0. The maximum atomic E-state index is 12.6. The van der Waals surface area contributed by atoms with Crippen molar-refractivity contribution in [3.8, 4) is 0 Å². The van der Waals surface area contributed by atoms with Crippen molar-refractivity contribution >= 4 is 98.7 Å². The van der Waals surface area contributed by atoms with Crippen LogP contribution in [0.15, 0.2) is 46.2 Å². The summed E-state index contributed by atoms with van der Waals surface area (Å²) in [5.74, 6) is -7.26. The van der Waals surface area contributed by atoms with Crippen molar-refractivity contribution in [2.45, 2.75) is 9.73 Å². The number of halogens is 15. The van der Waals surface area contributed by atoms with Crippen LogP contribution in [-0.2, 0) is 0 Å². The molecule has 2 aromatic rings. The molecule has 176 valence electrons. The van der Waals surface area contributed by atoms with E-state index in [1.807, 2.05) is 0 Å². The lowest BCUT2D eigenvalue weighted by Gasteiger charge is -2.42. The minimum Gasteiger partial charge on any atom is -0.205 e. The van der Waals surface area contributed by atoms with E-state index in [1.165, 1.54) is 0 Å². The van der Waals surface area contributed by atoms with Gasteiger partial charge < -0.3 is 0 Å². The SMILES string of the molecule is Fc1cccc(F)c1S(F)(F)(F)(F)Cl.Fc1cccc(F)c1S(F)(F)F.IC(I)I. The fraction of sp³-hybridized carbons (Fsp3) is 0.0769. The average molecular weight is 852 g/mol. The summed E-state index contributed by atoms with van der Waals surface area (Å²) in [5.41, 5.74) is 0. The highest BCUT2D eigenvalue weighted by atomic mass is 127. The van der Waals surface area contributed by atoms with E-state index in [0.717, 1.165) is 6.00 Å². The molecule has 0 aliphatic heterocycles. The molecule has 0 nitrogen and oxygen atoms in total. The molecule has 2 aromatic carbocycles. The first-order valence-corrected chi connectivity index (χ1v) is 14.5. The Kier molecular flexibility index (Phi) is 10.7. The molecule has 0 amide bonds. The van der Waals surface area contributed by atoms with Crippen LogP contribution in [0.25, 0.3) is 0 Å². The lowest BCUT2D eigenvalue weighted by Crippen LogP contribution is -2.09. The van der Waals surface area contributed by atoms with Gasteiger partial charge in [-0.1, -0.05) is 79.9 Å². The van der Waals surface area contributed by atoms with Gasteiger partial charge in [0.25, 0.3) is 9.05 Å². The van der Waals surface area contributed by atoms with Crippen molar-refractivity contribution < 1.29 is 44.8 Å². The Balaban J connectivity index is 0.000000481. The molecule has 0 heterocycles. The Morgan fingerprint density at radius 1 is 0.700 bits per heavy atom. The maximum Gasteiger partial charge on any atom is 0.259 e. The topological polar surface area (TPSA) is 0 Å². The molecule has 0 spiro atoms. The smallest absolute Gasteiger partial charge is 0.205 e. The minimum absolute atomic E-state index is 0.277. The van der Waals surface area contributed by atoms with Gasteiger partial charge in [-0.2, -0.15) is 0 Å². The third-order valence-electron chi connectivity index (χ3n) is 2.46. The van der Waals surface area contributed by atoms with Crippen LogP contribution in [0.2, 0.25) is 0 Å². The summed E-state index contributed by atoms with van der Waals surface area (Å²) < 4.78 is 136. The molecule has 0 atom stereocenters. The van der Waals surface area contributed by atoms with Crippen molar-refractivity contribution in [1.29, 1.82) is 0 Å². The van der Waals surface area contributed by atoms with E-state index in [0.29, 0.717) is 18.2 Å². The Bertz CT molecular complexity index is 830. The van der Waals surface area contributed by atoms with Crippen molar-refractivity contribution in [2.24, 2.45) is 0 Å².